The molecule has 1 aliphatic heterocycles. The fourth-order valence-electron chi connectivity index (χ4n) is 1.78. The van der Waals surface area contributed by atoms with E-state index < -0.39 is 66.6 Å². The lowest BCUT2D eigenvalue weighted by Crippen LogP contribution is -2.74. The number of hydrogen-bond donors (Lipinski definition) is 0. The van der Waals surface area contributed by atoms with E-state index in [2.05, 4.69) is 9.47 Å². The van der Waals surface area contributed by atoms with E-state index in [1.54, 1.807) is 0 Å². The van der Waals surface area contributed by atoms with Crippen molar-refractivity contribution in [3.8, 4) is 0 Å². The summed E-state index contributed by atoms with van der Waals surface area (Å²) in [6.45, 7) is -1.24. The van der Waals surface area contributed by atoms with E-state index in [-0.39, 0.29) is 12.7 Å². The SMILES string of the molecule is FC(F)(F)C(F)(F)C(F)(F)C(F)(F)C(F)(F)C(F)(F)C(F)(F)C(F)(F)C=CCOC1CO1. The fraction of sp³-hybridized carbons (Fsp3) is 0.846. The van der Waals surface area contributed by atoms with Crippen LogP contribution in [0, 0.1) is 0 Å². The minimum atomic E-state index is -8.63. The van der Waals surface area contributed by atoms with Crippen molar-refractivity contribution in [2.75, 3.05) is 13.2 Å². The van der Waals surface area contributed by atoms with Crippen LogP contribution in [0.15, 0.2) is 12.2 Å². The summed E-state index contributed by atoms with van der Waals surface area (Å²) in [5.41, 5.74) is 0. The molecule has 0 aliphatic carbocycles. The fourth-order valence-corrected chi connectivity index (χ4v) is 1.78. The number of hydrogen-bond acceptors (Lipinski definition) is 2. The molecule has 32 heavy (non-hydrogen) atoms. The van der Waals surface area contributed by atoms with Gasteiger partial charge < -0.3 is 9.47 Å². The Kier molecular flexibility index (Phi) is 6.91. The van der Waals surface area contributed by atoms with Crippen LogP contribution in [0.2, 0.25) is 0 Å². The first kappa shape index (κ1) is 28.5. The molecule has 0 saturated carbocycles. The van der Waals surface area contributed by atoms with E-state index in [1.165, 1.54) is 0 Å². The standard InChI is InChI=1S/C13H7F17O2/c14-6(15,2-1-3-31-5-4-32-5)7(16,17)8(18,19)9(20,21)10(22,23)11(24,25)12(26,27)13(28,29)30/h1-2,5H,3-4H2. The van der Waals surface area contributed by atoms with Crippen molar-refractivity contribution in [3.05, 3.63) is 12.2 Å². The Morgan fingerprint density at radius 1 is 0.594 bits per heavy atom. The summed E-state index contributed by atoms with van der Waals surface area (Å²) in [4.78, 5) is 0. The molecule has 0 aromatic heterocycles. The summed E-state index contributed by atoms with van der Waals surface area (Å²) in [5, 5.41) is 0. The second kappa shape index (κ2) is 7.76. The highest BCUT2D eigenvalue weighted by atomic mass is 19.4. The second-order valence-corrected chi connectivity index (χ2v) is 6.07. The summed E-state index contributed by atoms with van der Waals surface area (Å²) in [5.74, 6) is -56.4. The molecule has 1 saturated heterocycles. The topological polar surface area (TPSA) is 21.8 Å². The number of allylic oxidation sites excluding steroid dienone is 1. The van der Waals surface area contributed by atoms with Crippen LogP contribution in [-0.4, -0.2) is 67.1 Å². The molecule has 1 aliphatic rings. The van der Waals surface area contributed by atoms with Gasteiger partial charge in [-0.1, -0.05) is 6.08 Å². The van der Waals surface area contributed by atoms with Gasteiger partial charge in [0.05, 0.1) is 6.61 Å². The molecule has 1 atom stereocenters. The number of halogens is 17. The first-order valence-corrected chi connectivity index (χ1v) is 7.45. The van der Waals surface area contributed by atoms with Crippen LogP contribution in [0.25, 0.3) is 0 Å². The summed E-state index contributed by atoms with van der Waals surface area (Å²) < 4.78 is 229. The van der Waals surface area contributed by atoms with E-state index in [1.807, 2.05) is 0 Å². The molecular formula is C13H7F17O2. The van der Waals surface area contributed by atoms with E-state index in [4.69, 9.17) is 0 Å². The molecule has 0 spiro atoms. The molecular weight excluding hydrogens is 511 g/mol. The van der Waals surface area contributed by atoms with Crippen molar-refractivity contribution in [1.82, 2.24) is 0 Å². The Bertz CT molecular complexity index is 704. The maximum absolute atomic E-state index is 13.4. The highest BCUT2D eigenvalue weighted by molar-refractivity contribution is 5.18. The third-order valence-corrected chi connectivity index (χ3v) is 3.75. The van der Waals surface area contributed by atoms with E-state index >= 15 is 0 Å². The monoisotopic (exact) mass is 518 g/mol. The van der Waals surface area contributed by atoms with Gasteiger partial charge in [-0.3, -0.25) is 0 Å². The van der Waals surface area contributed by atoms with Gasteiger partial charge in [0, 0.05) is 0 Å². The van der Waals surface area contributed by atoms with Crippen molar-refractivity contribution in [2.45, 2.75) is 53.9 Å². The van der Waals surface area contributed by atoms with Gasteiger partial charge in [0.2, 0.25) is 0 Å². The lowest BCUT2D eigenvalue weighted by molar-refractivity contribution is -0.459. The maximum Gasteiger partial charge on any atom is 0.460 e. The van der Waals surface area contributed by atoms with E-state index in [0.29, 0.717) is 0 Å². The van der Waals surface area contributed by atoms with E-state index in [0.717, 1.165) is 0 Å². The molecule has 0 radical (unpaired) electrons. The molecule has 19 heteroatoms. The molecule has 1 heterocycles. The van der Waals surface area contributed by atoms with Crippen LogP contribution < -0.4 is 0 Å². The van der Waals surface area contributed by atoms with Crippen molar-refractivity contribution in [3.63, 3.8) is 0 Å². The van der Waals surface area contributed by atoms with Gasteiger partial charge in [-0.25, -0.2) is 0 Å². The van der Waals surface area contributed by atoms with Gasteiger partial charge in [0.15, 0.2) is 6.29 Å². The molecule has 0 N–H and O–H groups in total. The molecule has 0 aromatic carbocycles. The van der Waals surface area contributed by atoms with Gasteiger partial charge in [-0.2, -0.15) is 74.6 Å². The van der Waals surface area contributed by atoms with Crippen LogP contribution in [0.5, 0.6) is 0 Å². The molecule has 190 valence electrons. The van der Waals surface area contributed by atoms with Crippen LogP contribution in [0.3, 0.4) is 0 Å². The van der Waals surface area contributed by atoms with Crippen molar-refractivity contribution < 1.29 is 84.1 Å². The Labute approximate surface area is 164 Å². The van der Waals surface area contributed by atoms with Crippen LogP contribution in [0.4, 0.5) is 74.6 Å². The number of alkyl halides is 17. The minimum absolute atomic E-state index is 0.115. The zero-order valence-corrected chi connectivity index (χ0v) is 14.4. The Morgan fingerprint density at radius 3 is 1.28 bits per heavy atom. The Hall–Kier alpha value is -1.53. The number of epoxide rings is 1. The van der Waals surface area contributed by atoms with Crippen LogP contribution in [-0.2, 0) is 9.47 Å². The molecule has 0 aromatic rings. The number of ether oxygens (including phenoxy) is 2. The zero-order valence-electron chi connectivity index (χ0n) is 14.4. The van der Waals surface area contributed by atoms with Gasteiger partial charge in [0.25, 0.3) is 0 Å². The maximum atomic E-state index is 13.4. The van der Waals surface area contributed by atoms with Crippen molar-refractivity contribution in [1.29, 1.82) is 0 Å². The molecule has 1 unspecified atom stereocenters. The molecule has 2 nitrogen and oxygen atoms in total. The highest BCUT2D eigenvalue weighted by Gasteiger charge is 2.95. The second-order valence-electron chi connectivity index (χ2n) is 6.07. The lowest BCUT2D eigenvalue weighted by Gasteiger charge is -2.42. The van der Waals surface area contributed by atoms with E-state index in [9.17, 15) is 74.6 Å². The summed E-state index contributed by atoms with van der Waals surface area (Å²) in [7, 11) is 0. The quantitative estimate of drug-likeness (QED) is 0.204. The average molecular weight is 518 g/mol. The number of rotatable bonds is 10. The molecule has 1 fully saturated rings. The highest BCUT2D eigenvalue weighted by Crippen LogP contribution is 2.64. The van der Waals surface area contributed by atoms with Gasteiger partial charge in [0.1, 0.15) is 6.61 Å². The Balaban J connectivity index is 3.40. The van der Waals surface area contributed by atoms with Crippen molar-refractivity contribution >= 4 is 0 Å². The van der Waals surface area contributed by atoms with Gasteiger partial charge in [-0.15, -0.1) is 0 Å². The average Bonchev–Trinajstić information content (AvgIpc) is 3.41. The van der Waals surface area contributed by atoms with Crippen LogP contribution in [0.1, 0.15) is 0 Å². The molecule has 1 rings (SSSR count). The minimum Gasteiger partial charge on any atom is -0.346 e. The first-order valence-electron chi connectivity index (χ1n) is 7.45. The molecule has 0 bridgehead atoms. The van der Waals surface area contributed by atoms with Gasteiger partial charge >= 0.3 is 47.6 Å². The Morgan fingerprint density at radius 2 is 0.938 bits per heavy atom. The summed E-state index contributed by atoms with van der Waals surface area (Å²) >= 11 is 0. The summed E-state index contributed by atoms with van der Waals surface area (Å²) in [6, 6.07) is 0. The lowest BCUT2D eigenvalue weighted by atomic mass is 9.89. The summed E-state index contributed by atoms with van der Waals surface area (Å²) in [6.07, 6.45) is -10.3. The third kappa shape index (κ3) is 4.09. The van der Waals surface area contributed by atoms with Crippen LogP contribution >= 0.6 is 0 Å². The van der Waals surface area contributed by atoms with Gasteiger partial charge in [-0.05, 0) is 6.08 Å². The normalized spacial score (nSPS) is 20.2. The predicted octanol–water partition coefficient (Wildman–Crippen LogP) is 5.92. The third-order valence-electron chi connectivity index (χ3n) is 3.75. The molecule has 0 amide bonds. The first-order chi connectivity index (χ1) is 13.8. The largest absolute Gasteiger partial charge is 0.460 e. The van der Waals surface area contributed by atoms with Crippen molar-refractivity contribution in [2.24, 2.45) is 0 Å². The predicted molar refractivity (Wildman–Crippen MR) is 65.5 cm³/mol. The zero-order chi connectivity index (χ0) is 25.8. The smallest absolute Gasteiger partial charge is 0.346 e.